The molecule has 0 saturated heterocycles. The van der Waals surface area contributed by atoms with Crippen LogP contribution in [0, 0.1) is 5.92 Å². The average molecular weight is 268 g/mol. The second kappa shape index (κ2) is 5.35. The number of nitrogens with zero attached hydrogens (tertiary/aromatic N) is 1. The molecule has 0 aromatic carbocycles. The first-order valence-electron chi connectivity index (χ1n) is 4.73. The molecule has 1 atom stereocenters. The van der Waals surface area contributed by atoms with E-state index in [0.29, 0.717) is 10.0 Å². The molecule has 1 aromatic rings. The second-order valence-corrected chi connectivity index (χ2v) is 4.62. The van der Waals surface area contributed by atoms with Crippen LogP contribution in [0.1, 0.15) is 30.9 Å². The Morgan fingerprint density at radius 2 is 1.87 bits per heavy atom. The first kappa shape index (κ1) is 13.0. The molecule has 1 heterocycles. The summed E-state index contributed by atoms with van der Waals surface area (Å²) in [5, 5.41) is 1.15. The van der Waals surface area contributed by atoms with Gasteiger partial charge in [-0.3, -0.25) is 4.98 Å². The number of aromatic nitrogens is 1. The number of rotatable bonds is 3. The van der Waals surface area contributed by atoms with Crippen molar-refractivity contribution in [1.82, 2.24) is 4.98 Å². The average Bonchev–Trinajstić information content (AvgIpc) is 2.87. The molecule has 0 bridgehead atoms. The van der Waals surface area contributed by atoms with Crippen LogP contribution in [0.5, 0.6) is 0 Å². The van der Waals surface area contributed by atoms with Gasteiger partial charge in [-0.1, -0.05) is 36.0 Å². The fourth-order valence-electron chi connectivity index (χ4n) is 1.61. The van der Waals surface area contributed by atoms with E-state index in [1.165, 1.54) is 12.8 Å². The van der Waals surface area contributed by atoms with E-state index in [-0.39, 0.29) is 18.4 Å². The molecular formula is C10H13Cl3N2. The first-order chi connectivity index (χ1) is 6.68. The molecule has 0 aliphatic heterocycles. The van der Waals surface area contributed by atoms with Gasteiger partial charge in [-0.2, -0.15) is 0 Å². The Labute approximate surface area is 106 Å². The number of pyridine rings is 1. The van der Waals surface area contributed by atoms with E-state index >= 15 is 0 Å². The predicted octanol–water partition coefficient (Wildman–Crippen LogP) is 3.61. The highest BCUT2D eigenvalue weighted by atomic mass is 35.5. The van der Waals surface area contributed by atoms with Gasteiger partial charge in [0.15, 0.2) is 0 Å². The van der Waals surface area contributed by atoms with Crippen molar-refractivity contribution >= 4 is 35.6 Å². The highest BCUT2D eigenvalue weighted by Crippen LogP contribution is 2.39. The lowest BCUT2D eigenvalue weighted by molar-refractivity contribution is 0.597. The Morgan fingerprint density at radius 3 is 2.33 bits per heavy atom. The van der Waals surface area contributed by atoms with Gasteiger partial charge in [0.05, 0.1) is 10.0 Å². The molecule has 5 heteroatoms. The van der Waals surface area contributed by atoms with Crippen molar-refractivity contribution in [3.8, 4) is 0 Å². The van der Waals surface area contributed by atoms with Crippen molar-refractivity contribution in [1.29, 1.82) is 0 Å². The molecule has 1 saturated carbocycles. The first-order valence-corrected chi connectivity index (χ1v) is 5.48. The summed E-state index contributed by atoms with van der Waals surface area (Å²) in [6.45, 7) is 0. The lowest BCUT2D eigenvalue weighted by Gasteiger charge is -2.14. The molecule has 1 aliphatic carbocycles. The lowest BCUT2D eigenvalue weighted by atomic mass is 10.0. The minimum Gasteiger partial charge on any atom is -0.324 e. The van der Waals surface area contributed by atoms with Gasteiger partial charge < -0.3 is 5.73 Å². The minimum absolute atomic E-state index is 0. The summed E-state index contributed by atoms with van der Waals surface area (Å²) in [5.41, 5.74) is 6.88. The molecule has 84 valence electrons. The topological polar surface area (TPSA) is 38.9 Å². The Hall–Kier alpha value is -0.0200. The van der Waals surface area contributed by atoms with E-state index in [0.717, 1.165) is 17.9 Å². The van der Waals surface area contributed by atoms with E-state index in [4.69, 9.17) is 28.9 Å². The lowest BCUT2D eigenvalue weighted by Crippen LogP contribution is -2.12. The number of halogens is 3. The summed E-state index contributed by atoms with van der Waals surface area (Å²) >= 11 is 12.0. The summed E-state index contributed by atoms with van der Waals surface area (Å²) in [6.07, 6.45) is 6.73. The summed E-state index contributed by atoms with van der Waals surface area (Å²) in [7, 11) is 0. The van der Waals surface area contributed by atoms with E-state index in [1.807, 2.05) is 0 Å². The van der Waals surface area contributed by atoms with Gasteiger partial charge in [0.2, 0.25) is 0 Å². The van der Waals surface area contributed by atoms with Crippen molar-refractivity contribution in [3.63, 3.8) is 0 Å². The second-order valence-electron chi connectivity index (χ2n) is 3.80. The quantitative estimate of drug-likeness (QED) is 0.908. The van der Waals surface area contributed by atoms with Gasteiger partial charge in [-0.25, -0.2) is 0 Å². The Bertz CT molecular complexity index is 319. The molecule has 1 aromatic heterocycles. The maximum absolute atomic E-state index is 6.04. The molecular weight excluding hydrogens is 254 g/mol. The smallest absolute Gasteiger partial charge is 0.0651 e. The monoisotopic (exact) mass is 266 g/mol. The van der Waals surface area contributed by atoms with E-state index in [1.54, 1.807) is 12.4 Å². The summed E-state index contributed by atoms with van der Waals surface area (Å²) in [5.74, 6) is 0.769. The molecule has 1 fully saturated rings. The van der Waals surface area contributed by atoms with Crippen molar-refractivity contribution in [2.75, 3.05) is 0 Å². The molecule has 1 aliphatic rings. The van der Waals surface area contributed by atoms with Gasteiger partial charge in [-0.15, -0.1) is 12.4 Å². The van der Waals surface area contributed by atoms with Crippen molar-refractivity contribution < 1.29 is 0 Å². The van der Waals surface area contributed by atoms with Crippen LogP contribution in [0.15, 0.2) is 12.4 Å². The predicted molar refractivity (Wildman–Crippen MR) is 65.8 cm³/mol. The maximum Gasteiger partial charge on any atom is 0.0651 e. The van der Waals surface area contributed by atoms with Gasteiger partial charge in [-0.05, 0) is 12.3 Å². The van der Waals surface area contributed by atoms with Crippen molar-refractivity contribution in [3.05, 3.63) is 28.0 Å². The maximum atomic E-state index is 6.04. The third kappa shape index (κ3) is 3.22. The Kier molecular flexibility index (Phi) is 4.65. The van der Waals surface area contributed by atoms with E-state index < -0.39 is 0 Å². The van der Waals surface area contributed by atoms with Crippen LogP contribution in [-0.2, 0) is 0 Å². The minimum atomic E-state index is -0.0505. The third-order valence-corrected chi connectivity index (χ3v) is 3.15. The van der Waals surface area contributed by atoms with Gasteiger partial charge in [0.25, 0.3) is 0 Å². The van der Waals surface area contributed by atoms with Crippen LogP contribution in [0.4, 0.5) is 0 Å². The SMILES string of the molecule is Cl.N[C@H](CC1CC1)c1c(Cl)cncc1Cl. The van der Waals surface area contributed by atoms with E-state index in [9.17, 15) is 0 Å². The molecule has 15 heavy (non-hydrogen) atoms. The number of hydrogen-bond acceptors (Lipinski definition) is 2. The fourth-order valence-corrected chi connectivity index (χ4v) is 2.25. The van der Waals surface area contributed by atoms with Crippen molar-refractivity contribution in [2.45, 2.75) is 25.3 Å². The summed E-state index contributed by atoms with van der Waals surface area (Å²) in [4.78, 5) is 3.90. The molecule has 0 spiro atoms. The molecule has 0 unspecified atom stereocenters. The number of hydrogen-bond donors (Lipinski definition) is 1. The van der Waals surface area contributed by atoms with E-state index in [2.05, 4.69) is 4.98 Å². The zero-order valence-electron chi connectivity index (χ0n) is 8.12. The van der Waals surface area contributed by atoms with Crippen LogP contribution in [0.3, 0.4) is 0 Å². The highest BCUT2D eigenvalue weighted by molar-refractivity contribution is 6.35. The standard InChI is InChI=1S/C10H12Cl2N2.ClH/c11-7-4-14-5-8(12)10(7)9(13)3-6-1-2-6;/h4-6,9H,1-3,13H2;1H/t9-;/m1./s1. The van der Waals surface area contributed by atoms with Crippen LogP contribution in [0.25, 0.3) is 0 Å². The van der Waals surface area contributed by atoms with Crippen LogP contribution < -0.4 is 5.73 Å². The molecule has 2 rings (SSSR count). The van der Waals surface area contributed by atoms with Crippen molar-refractivity contribution in [2.24, 2.45) is 11.7 Å². The molecule has 0 radical (unpaired) electrons. The zero-order valence-corrected chi connectivity index (χ0v) is 10.4. The van der Waals surface area contributed by atoms with Gasteiger partial charge in [0, 0.05) is 24.0 Å². The number of nitrogens with two attached hydrogens (primary N) is 1. The molecule has 0 amide bonds. The highest BCUT2D eigenvalue weighted by Gasteiger charge is 2.26. The summed E-state index contributed by atoms with van der Waals surface area (Å²) < 4.78 is 0. The zero-order chi connectivity index (χ0) is 10.1. The van der Waals surface area contributed by atoms with Crippen LogP contribution in [0.2, 0.25) is 10.0 Å². The van der Waals surface area contributed by atoms with Crippen LogP contribution >= 0.6 is 35.6 Å². The normalized spacial score (nSPS) is 17.0. The Balaban J connectivity index is 0.00000112. The summed E-state index contributed by atoms with van der Waals surface area (Å²) in [6, 6.07) is -0.0505. The third-order valence-electron chi connectivity index (χ3n) is 2.55. The Morgan fingerprint density at radius 1 is 1.33 bits per heavy atom. The van der Waals surface area contributed by atoms with Gasteiger partial charge in [0.1, 0.15) is 0 Å². The fraction of sp³-hybridized carbons (Fsp3) is 0.500. The largest absolute Gasteiger partial charge is 0.324 e. The molecule has 2 nitrogen and oxygen atoms in total. The van der Waals surface area contributed by atoms with Gasteiger partial charge >= 0.3 is 0 Å². The molecule has 2 N–H and O–H groups in total. The van der Waals surface area contributed by atoms with Crippen LogP contribution in [-0.4, -0.2) is 4.98 Å².